The van der Waals surface area contributed by atoms with Gasteiger partial charge in [0.25, 0.3) is 0 Å². The Bertz CT molecular complexity index is 2070. The summed E-state index contributed by atoms with van der Waals surface area (Å²) in [5, 5.41) is 16.7. The predicted octanol–water partition coefficient (Wildman–Crippen LogP) is 8.23. The van der Waals surface area contributed by atoms with Crippen molar-refractivity contribution in [1.29, 1.82) is 5.26 Å². The molecule has 0 aliphatic heterocycles. The number of nitriles is 1. The van der Waals surface area contributed by atoms with Crippen LogP contribution in [0, 0.1) is 18.3 Å². The van der Waals surface area contributed by atoms with Crippen molar-refractivity contribution in [2.75, 3.05) is 0 Å². The zero-order valence-electron chi connectivity index (χ0n) is 20.6. The third-order valence-electron chi connectivity index (χ3n) is 7.45. The average Bonchev–Trinajstić information content (AvgIpc) is 3.31. The summed E-state index contributed by atoms with van der Waals surface area (Å²) in [6.07, 6.45) is 2.05. The van der Waals surface area contributed by atoms with Crippen LogP contribution in [0.4, 0.5) is 0 Å². The van der Waals surface area contributed by atoms with Gasteiger partial charge in [-0.1, -0.05) is 60.7 Å². The molecule has 0 atom stereocenters. The van der Waals surface area contributed by atoms with Gasteiger partial charge in [0.05, 0.1) is 17.2 Å². The largest absolute Gasteiger partial charge is 0.454 e. The molecule has 0 amide bonds. The Labute approximate surface area is 214 Å². The lowest BCUT2D eigenvalue weighted by atomic mass is 9.91. The van der Waals surface area contributed by atoms with Crippen molar-refractivity contribution in [3.8, 4) is 28.5 Å². The second kappa shape index (κ2) is 8.05. The van der Waals surface area contributed by atoms with Gasteiger partial charge in [0.1, 0.15) is 18.2 Å². The Morgan fingerprint density at radius 1 is 0.676 bits per heavy atom. The van der Waals surface area contributed by atoms with Gasteiger partial charge in [-0.3, -0.25) is 0 Å². The van der Waals surface area contributed by atoms with E-state index in [1.807, 2.05) is 18.2 Å². The van der Waals surface area contributed by atoms with E-state index in [0.717, 1.165) is 60.7 Å². The van der Waals surface area contributed by atoms with Crippen LogP contribution in [0.25, 0.3) is 65.9 Å². The number of fused-ring (bicyclic) bond motifs is 6. The Kier molecular flexibility index (Phi) is 4.64. The van der Waals surface area contributed by atoms with Gasteiger partial charge in [-0.05, 0) is 63.9 Å². The summed E-state index contributed by atoms with van der Waals surface area (Å²) in [5.74, 6) is 0. The number of pyridine rings is 1. The third-order valence-corrected chi connectivity index (χ3v) is 7.45. The first kappa shape index (κ1) is 21.4. The minimum Gasteiger partial charge on any atom is -0.454 e. The summed E-state index contributed by atoms with van der Waals surface area (Å²) in [6, 6.07) is 35.9. The van der Waals surface area contributed by atoms with Gasteiger partial charge in [0.15, 0.2) is 6.20 Å². The molecule has 2 aromatic heterocycles. The van der Waals surface area contributed by atoms with E-state index in [1.165, 1.54) is 10.8 Å². The highest BCUT2D eigenvalue weighted by Crippen LogP contribution is 2.43. The first-order valence-electron chi connectivity index (χ1n) is 12.4. The first-order valence-corrected chi connectivity index (χ1v) is 12.4. The molecule has 0 radical (unpaired) electrons. The van der Waals surface area contributed by atoms with Gasteiger partial charge in [-0.2, -0.15) is 5.26 Å². The minimum atomic E-state index is 0.620. The van der Waals surface area contributed by atoms with E-state index in [2.05, 4.69) is 110 Å². The summed E-state index contributed by atoms with van der Waals surface area (Å²) in [7, 11) is 2.05. The van der Waals surface area contributed by atoms with Crippen LogP contribution < -0.4 is 4.57 Å². The molecule has 0 saturated heterocycles. The number of rotatable bonds is 2. The van der Waals surface area contributed by atoms with Crippen LogP contribution >= 0.6 is 0 Å². The van der Waals surface area contributed by atoms with Crippen LogP contribution in [0.5, 0.6) is 0 Å². The molecule has 0 aliphatic carbocycles. The van der Waals surface area contributed by atoms with Crippen molar-refractivity contribution in [2.45, 2.75) is 6.92 Å². The number of hydrogen-bond donors (Lipinski definition) is 0. The Morgan fingerprint density at radius 3 is 2.24 bits per heavy atom. The molecule has 2 heterocycles. The van der Waals surface area contributed by atoms with Gasteiger partial charge < -0.3 is 4.42 Å². The van der Waals surface area contributed by atoms with Crippen LogP contribution in [0.1, 0.15) is 11.1 Å². The molecule has 3 heteroatoms. The van der Waals surface area contributed by atoms with Crippen molar-refractivity contribution in [2.24, 2.45) is 7.05 Å². The van der Waals surface area contributed by atoms with Crippen molar-refractivity contribution < 1.29 is 8.98 Å². The average molecular weight is 476 g/mol. The molecule has 0 aliphatic rings. The van der Waals surface area contributed by atoms with Gasteiger partial charge >= 0.3 is 0 Å². The lowest BCUT2D eigenvalue weighted by Crippen LogP contribution is -2.30. The first-order chi connectivity index (χ1) is 18.1. The van der Waals surface area contributed by atoms with Crippen molar-refractivity contribution in [3.05, 3.63) is 114 Å². The quantitative estimate of drug-likeness (QED) is 0.187. The maximum absolute atomic E-state index is 9.99. The van der Waals surface area contributed by atoms with Crippen LogP contribution in [-0.2, 0) is 7.05 Å². The monoisotopic (exact) mass is 475 g/mol. The Hall–Kier alpha value is -4.94. The highest BCUT2D eigenvalue weighted by atomic mass is 16.3. The van der Waals surface area contributed by atoms with E-state index in [1.54, 1.807) is 0 Å². The maximum atomic E-state index is 9.99. The van der Waals surface area contributed by atoms with Crippen molar-refractivity contribution >= 4 is 43.5 Å². The highest BCUT2D eigenvalue weighted by molar-refractivity contribution is 6.19. The van der Waals surface area contributed by atoms with Crippen molar-refractivity contribution in [3.63, 3.8) is 0 Å². The van der Waals surface area contributed by atoms with E-state index in [-0.39, 0.29) is 0 Å². The minimum absolute atomic E-state index is 0.620. The van der Waals surface area contributed by atoms with Gasteiger partial charge in [-0.25, -0.2) is 4.57 Å². The number of nitrogens with zero attached hydrogens (tertiary/aromatic N) is 2. The number of aryl methyl sites for hydroxylation is 2. The zero-order chi connectivity index (χ0) is 25.1. The molecule has 0 saturated carbocycles. The molecule has 0 N–H and O–H groups in total. The lowest BCUT2D eigenvalue weighted by molar-refractivity contribution is -0.660. The number of benzene rings is 5. The van der Waals surface area contributed by atoms with Crippen LogP contribution in [0.2, 0.25) is 0 Å². The molecule has 37 heavy (non-hydrogen) atoms. The number of hydrogen-bond acceptors (Lipinski definition) is 2. The molecular weight excluding hydrogens is 452 g/mol. The van der Waals surface area contributed by atoms with E-state index in [4.69, 9.17) is 4.42 Å². The normalized spacial score (nSPS) is 11.5. The molecule has 7 rings (SSSR count). The molecule has 5 aromatic carbocycles. The molecule has 0 fully saturated rings. The lowest BCUT2D eigenvalue weighted by Gasteiger charge is -2.12. The van der Waals surface area contributed by atoms with E-state index in [0.29, 0.717) is 5.56 Å². The maximum Gasteiger partial charge on any atom is 0.216 e. The molecule has 0 unspecified atom stereocenters. The number of aromatic nitrogens is 1. The zero-order valence-corrected chi connectivity index (χ0v) is 20.6. The topological polar surface area (TPSA) is 40.8 Å². The molecule has 0 spiro atoms. The SMILES string of the molecule is Cc1ccc2c(oc3c(-c4cc5ccccc5c5ccccc45)cc(C#N)cc32)c1-c1cccc[n+]1C. The van der Waals surface area contributed by atoms with Gasteiger partial charge in [0.2, 0.25) is 5.69 Å². The Balaban J connectivity index is 1.64. The second-order valence-corrected chi connectivity index (χ2v) is 9.64. The number of furan rings is 1. The molecule has 3 nitrogen and oxygen atoms in total. The fraction of sp³-hybridized carbons (Fsp3) is 0.0588. The highest BCUT2D eigenvalue weighted by Gasteiger charge is 2.23. The fourth-order valence-corrected chi connectivity index (χ4v) is 5.68. The summed E-state index contributed by atoms with van der Waals surface area (Å²) in [5.41, 5.74) is 7.58. The summed E-state index contributed by atoms with van der Waals surface area (Å²) < 4.78 is 8.92. The standard InChI is InChI=1S/C34H23N2O/c1-21-14-15-27-29-17-22(20-35)18-30(33(29)37-34(27)32(21)31-13-7-8-16-36(31)2)28-19-23-9-3-4-10-24(23)25-11-5-6-12-26(25)28/h3-19H,1-2H3/q+1. The second-order valence-electron chi connectivity index (χ2n) is 9.64. The fourth-order valence-electron chi connectivity index (χ4n) is 5.68. The molecule has 7 aromatic rings. The predicted molar refractivity (Wildman–Crippen MR) is 150 cm³/mol. The van der Waals surface area contributed by atoms with E-state index >= 15 is 0 Å². The summed E-state index contributed by atoms with van der Waals surface area (Å²) in [4.78, 5) is 0. The molecular formula is C34H23N2O+. The third kappa shape index (κ3) is 3.16. The van der Waals surface area contributed by atoms with Crippen LogP contribution in [-0.4, -0.2) is 0 Å². The van der Waals surface area contributed by atoms with E-state index in [9.17, 15) is 5.26 Å². The summed E-state index contributed by atoms with van der Waals surface area (Å²) >= 11 is 0. The smallest absolute Gasteiger partial charge is 0.216 e. The molecule has 174 valence electrons. The van der Waals surface area contributed by atoms with Gasteiger partial charge in [0, 0.05) is 28.5 Å². The van der Waals surface area contributed by atoms with Crippen LogP contribution in [0.3, 0.4) is 0 Å². The van der Waals surface area contributed by atoms with Gasteiger partial charge in [-0.15, -0.1) is 0 Å². The van der Waals surface area contributed by atoms with Crippen LogP contribution in [0.15, 0.2) is 108 Å². The van der Waals surface area contributed by atoms with Crippen molar-refractivity contribution in [1.82, 2.24) is 0 Å². The Morgan fingerprint density at radius 2 is 1.43 bits per heavy atom. The molecule has 0 bridgehead atoms. The van der Waals surface area contributed by atoms with E-state index < -0.39 is 0 Å². The summed E-state index contributed by atoms with van der Waals surface area (Å²) in [6.45, 7) is 2.12.